The lowest BCUT2D eigenvalue weighted by molar-refractivity contribution is -0.114. The summed E-state index contributed by atoms with van der Waals surface area (Å²) in [4.78, 5) is 31.1. The van der Waals surface area contributed by atoms with Gasteiger partial charge in [0.05, 0.1) is 24.8 Å². The molecule has 194 valence electrons. The van der Waals surface area contributed by atoms with Crippen molar-refractivity contribution in [3.63, 3.8) is 0 Å². The number of hydrogen-bond acceptors (Lipinski definition) is 7. The Labute approximate surface area is 225 Å². The van der Waals surface area contributed by atoms with E-state index in [0.717, 1.165) is 35.2 Å². The summed E-state index contributed by atoms with van der Waals surface area (Å²) in [5.41, 5.74) is 9.56. The van der Waals surface area contributed by atoms with E-state index in [4.69, 9.17) is 26.5 Å². The van der Waals surface area contributed by atoms with Gasteiger partial charge in [-0.1, -0.05) is 35.9 Å². The number of aromatic nitrogens is 1. The highest BCUT2D eigenvalue weighted by Gasteiger charge is 2.16. The first-order valence-electron chi connectivity index (χ1n) is 12.5. The number of anilines is 1. The Kier molecular flexibility index (Phi) is 7.98. The van der Waals surface area contributed by atoms with Crippen molar-refractivity contribution >= 4 is 46.0 Å². The number of ether oxygens (including phenoxy) is 1. The molecule has 7 nitrogen and oxygen atoms in total. The van der Waals surface area contributed by atoms with Crippen molar-refractivity contribution in [2.45, 2.75) is 12.8 Å². The first kappa shape index (κ1) is 25.9. The summed E-state index contributed by atoms with van der Waals surface area (Å²) >= 11 is 6.55. The van der Waals surface area contributed by atoms with Gasteiger partial charge in [0.25, 0.3) is 0 Å². The van der Waals surface area contributed by atoms with Crippen molar-refractivity contribution in [3.05, 3.63) is 88.8 Å². The maximum atomic E-state index is 12.7. The predicted molar refractivity (Wildman–Crippen MR) is 149 cm³/mol. The van der Waals surface area contributed by atoms with Crippen LogP contribution in [0.25, 0.3) is 28.2 Å². The van der Waals surface area contributed by atoms with E-state index in [9.17, 15) is 9.59 Å². The first-order chi connectivity index (χ1) is 18.4. The van der Waals surface area contributed by atoms with Gasteiger partial charge in [0, 0.05) is 43.1 Å². The monoisotopic (exact) mass is 529 g/mol. The highest BCUT2D eigenvalue weighted by molar-refractivity contribution is 6.35. The van der Waals surface area contributed by atoms with E-state index in [1.807, 2.05) is 48.5 Å². The molecule has 2 aromatic carbocycles. The van der Waals surface area contributed by atoms with Crippen LogP contribution in [0.4, 0.5) is 5.82 Å². The van der Waals surface area contributed by atoms with Crippen LogP contribution in [0.15, 0.2) is 71.3 Å². The average molecular weight is 530 g/mol. The van der Waals surface area contributed by atoms with E-state index in [2.05, 4.69) is 9.88 Å². The van der Waals surface area contributed by atoms with Crippen molar-refractivity contribution in [1.29, 1.82) is 0 Å². The Hall–Kier alpha value is -3.78. The van der Waals surface area contributed by atoms with Gasteiger partial charge in [-0.15, -0.1) is 0 Å². The summed E-state index contributed by atoms with van der Waals surface area (Å²) in [5, 5.41) is 1.37. The number of hydrogen-bond donors (Lipinski definition) is 1. The number of benzene rings is 2. The quantitative estimate of drug-likeness (QED) is 0.227. The second kappa shape index (κ2) is 11.7. The maximum absolute atomic E-state index is 12.7. The summed E-state index contributed by atoms with van der Waals surface area (Å²) < 4.78 is 11.3. The third kappa shape index (κ3) is 6.37. The third-order valence-corrected chi connectivity index (χ3v) is 6.80. The molecule has 5 rings (SSSR count). The topological polar surface area (TPSA) is 98.7 Å². The van der Waals surface area contributed by atoms with Crippen molar-refractivity contribution < 1.29 is 18.7 Å². The molecule has 1 saturated heterocycles. The standard InChI is InChI=1S/C30H28ClN3O4/c31-27-17-23(21-3-5-22(6-4-21)28(36)19-34-11-13-37-14-12-34)15-24-16-26(38-30(24)27)9-8-25(35)7-1-20-2-10-29(32)33-18-20/h1-7,10,15-18H,8-9,11-14,19H2,(H2,32,33)/b7-1+. The Morgan fingerprint density at radius 1 is 1.03 bits per heavy atom. The Morgan fingerprint density at radius 3 is 2.55 bits per heavy atom. The highest BCUT2D eigenvalue weighted by atomic mass is 35.5. The minimum atomic E-state index is -0.0164. The van der Waals surface area contributed by atoms with E-state index in [1.165, 1.54) is 6.08 Å². The number of halogens is 1. The van der Waals surface area contributed by atoms with Crippen LogP contribution >= 0.6 is 11.6 Å². The molecule has 0 amide bonds. The lowest BCUT2D eigenvalue weighted by Gasteiger charge is -2.25. The minimum absolute atomic E-state index is 0.0164. The molecule has 0 aliphatic carbocycles. The summed E-state index contributed by atoms with van der Waals surface area (Å²) in [7, 11) is 0. The van der Waals surface area contributed by atoms with E-state index in [-0.39, 0.29) is 11.6 Å². The summed E-state index contributed by atoms with van der Waals surface area (Å²) in [5.74, 6) is 1.21. The number of ketones is 2. The van der Waals surface area contributed by atoms with Gasteiger partial charge in [-0.2, -0.15) is 0 Å². The Balaban J connectivity index is 1.23. The van der Waals surface area contributed by atoms with Crippen molar-refractivity contribution in [1.82, 2.24) is 9.88 Å². The zero-order valence-electron chi connectivity index (χ0n) is 20.9. The Morgan fingerprint density at radius 2 is 1.82 bits per heavy atom. The number of allylic oxidation sites excluding steroid dienone is 1. The number of nitrogens with two attached hydrogens (primary N) is 1. The highest BCUT2D eigenvalue weighted by Crippen LogP contribution is 2.33. The normalized spacial score (nSPS) is 14.3. The van der Waals surface area contributed by atoms with Gasteiger partial charge < -0.3 is 14.9 Å². The number of aryl methyl sites for hydroxylation is 1. The van der Waals surface area contributed by atoms with E-state index in [0.29, 0.717) is 60.3 Å². The van der Waals surface area contributed by atoms with Crippen molar-refractivity contribution in [2.75, 3.05) is 38.6 Å². The van der Waals surface area contributed by atoms with Crippen LogP contribution in [0.1, 0.15) is 28.1 Å². The number of rotatable bonds is 9. The average Bonchev–Trinajstić information content (AvgIpc) is 3.36. The van der Waals surface area contributed by atoms with E-state index in [1.54, 1.807) is 18.3 Å². The molecule has 1 fully saturated rings. The minimum Gasteiger partial charge on any atom is -0.459 e. The number of fused-ring (bicyclic) bond motifs is 1. The molecule has 0 radical (unpaired) electrons. The molecule has 38 heavy (non-hydrogen) atoms. The number of carbonyl (C=O) groups excluding carboxylic acids is 2. The lowest BCUT2D eigenvalue weighted by Crippen LogP contribution is -2.39. The van der Waals surface area contributed by atoms with Crippen LogP contribution in [-0.4, -0.2) is 54.3 Å². The summed E-state index contributed by atoms with van der Waals surface area (Å²) in [6.07, 6.45) is 5.65. The number of morpholine rings is 1. The molecule has 4 aromatic rings. The first-order valence-corrected chi connectivity index (χ1v) is 12.9. The smallest absolute Gasteiger partial charge is 0.176 e. The fraction of sp³-hybridized carbons (Fsp3) is 0.233. The molecular formula is C30H28ClN3O4. The molecule has 1 aliphatic heterocycles. The molecule has 0 unspecified atom stereocenters. The van der Waals surface area contributed by atoms with E-state index >= 15 is 0 Å². The molecule has 1 aliphatic rings. The molecular weight excluding hydrogens is 502 g/mol. The fourth-order valence-electron chi connectivity index (χ4n) is 4.39. The Bertz CT molecular complexity index is 1470. The summed E-state index contributed by atoms with van der Waals surface area (Å²) in [6.45, 7) is 3.29. The van der Waals surface area contributed by atoms with Crippen LogP contribution < -0.4 is 5.73 Å². The van der Waals surface area contributed by atoms with Gasteiger partial charge in [0.1, 0.15) is 11.6 Å². The second-order valence-corrected chi connectivity index (χ2v) is 9.70. The number of nitrogen functional groups attached to an aromatic ring is 1. The zero-order valence-corrected chi connectivity index (χ0v) is 21.6. The van der Waals surface area contributed by atoms with Crippen molar-refractivity contribution in [2.24, 2.45) is 0 Å². The number of furan rings is 1. The van der Waals surface area contributed by atoms with Crippen LogP contribution in [0, 0.1) is 0 Å². The SMILES string of the molecule is Nc1ccc(/C=C/C(=O)CCc2cc3cc(-c4ccc(C(=O)CN5CCOCC5)cc4)cc(Cl)c3o2)cn1. The maximum Gasteiger partial charge on any atom is 0.176 e. The van der Waals surface area contributed by atoms with Gasteiger partial charge in [-0.05, 0) is 59.2 Å². The van der Waals surface area contributed by atoms with Crippen LogP contribution in [0.5, 0.6) is 0 Å². The summed E-state index contributed by atoms with van der Waals surface area (Å²) in [6, 6.07) is 16.9. The van der Waals surface area contributed by atoms with E-state index < -0.39 is 0 Å². The van der Waals surface area contributed by atoms with Crippen LogP contribution in [0.3, 0.4) is 0 Å². The molecule has 2 aromatic heterocycles. The predicted octanol–water partition coefficient (Wildman–Crippen LogP) is 5.46. The number of pyridine rings is 1. The molecule has 8 heteroatoms. The van der Waals surface area contributed by atoms with Crippen molar-refractivity contribution in [3.8, 4) is 11.1 Å². The molecule has 0 saturated carbocycles. The van der Waals surface area contributed by atoms with Gasteiger partial charge in [-0.25, -0.2) is 4.98 Å². The molecule has 0 atom stereocenters. The largest absolute Gasteiger partial charge is 0.459 e. The number of nitrogens with zero attached hydrogens (tertiary/aromatic N) is 2. The molecule has 0 bridgehead atoms. The van der Waals surface area contributed by atoms with Gasteiger partial charge in [0.2, 0.25) is 0 Å². The number of carbonyl (C=O) groups is 2. The van der Waals surface area contributed by atoms with Gasteiger partial charge in [-0.3, -0.25) is 14.5 Å². The zero-order chi connectivity index (χ0) is 26.5. The second-order valence-electron chi connectivity index (χ2n) is 9.29. The van der Waals surface area contributed by atoms with Crippen LogP contribution in [-0.2, 0) is 16.0 Å². The number of Topliss-reactive ketones (excluding diaryl/α,β-unsaturated/α-hetero) is 1. The molecule has 0 spiro atoms. The lowest BCUT2D eigenvalue weighted by atomic mass is 10.0. The molecule has 2 N–H and O–H groups in total. The third-order valence-electron chi connectivity index (χ3n) is 6.52. The van der Waals surface area contributed by atoms with Crippen LogP contribution in [0.2, 0.25) is 5.02 Å². The van der Waals surface area contributed by atoms with Gasteiger partial charge >= 0.3 is 0 Å². The van der Waals surface area contributed by atoms with Gasteiger partial charge in [0.15, 0.2) is 17.1 Å². The fourth-order valence-corrected chi connectivity index (χ4v) is 4.66. The molecule has 3 heterocycles.